The van der Waals surface area contributed by atoms with Crippen molar-refractivity contribution < 1.29 is 74.2 Å². The van der Waals surface area contributed by atoms with E-state index in [4.69, 9.17) is 9.84 Å². The van der Waals surface area contributed by atoms with Gasteiger partial charge in [0.25, 0.3) is 0 Å². The molecule has 2 aromatic rings. The molecule has 0 bridgehead atoms. The Bertz CT molecular complexity index is 669. The van der Waals surface area contributed by atoms with E-state index in [1.54, 1.807) is 24.3 Å². The summed E-state index contributed by atoms with van der Waals surface area (Å²) in [6, 6.07) is 9.17. The first-order valence-electron chi connectivity index (χ1n) is 5.24. The minimum absolute atomic E-state index is 0. The van der Waals surface area contributed by atoms with Crippen molar-refractivity contribution in [2.45, 2.75) is 4.90 Å². The Morgan fingerprint density at radius 2 is 1.74 bits per heavy atom. The second-order valence-electron chi connectivity index (χ2n) is 3.70. The summed E-state index contributed by atoms with van der Waals surface area (Å²) in [5, 5.41) is 10.0. The van der Waals surface area contributed by atoms with E-state index in [0.29, 0.717) is 11.1 Å². The van der Waals surface area contributed by atoms with Crippen LogP contribution in [0.1, 0.15) is 0 Å². The number of benzene rings is 2. The fourth-order valence-electron chi connectivity index (χ4n) is 1.61. The molecule has 1 N–H and O–H groups in total. The van der Waals surface area contributed by atoms with Gasteiger partial charge in [-0.05, 0) is 35.0 Å². The molecule has 0 aliphatic heterocycles. The Hall–Kier alpha value is 0.00636. The van der Waals surface area contributed by atoms with Crippen molar-refractivity contribution in [1.82, 2.24) is 0 Å². The third kappa shape index (κ3) is 4.50. The van der Waals surface area contributed by atoms with Gasteiger partial charge >= 0.3 is 51.4 Å². The van der Waals surface area contributed by atoms with E-state index < -0.39 is 10.1 Å². The molecular weight excluding hydrogens is 295 g/mol. The summed E-state index contributed by atoms with van der Waals surface area (Å²) in [4.78, 5) is -0.251. The van der Waals surface area contributed by atoms with Gasteiger partial charge in [-0.25, -0.2) is 8.42 Å². The number of aliphatic hydroxyl groups excluding tert-OH is 1. The number of fused-ring (bicyclic) bond motifs is 1. The van der Waals surface area contributed by atoms with Crippen molar-refractivity contribution in [2.75, 3.05) is 13.2 Å². The number of aliphatic hydroxyl groups is 1. The maximum absolute atomic E-state index is 10.9. The molecule has 19 heavy (non-hydrogen) atoms. The molecule has 96 valence electrons. The minimum atomic E-state index is -4.43. The van der Waals surface area contributed by atoms with Gasteiger partial charge in [-0.15, -0.1) is 0 Å². The molecule has 2 aromatic carbocycles. The maximum Gasteiger partial charge on any atom is 1.00 e. The van der Waals surface area contributed by atoms with Gasteiger partial charge in [0.05, 0.1) is 11.5 Å². The molecule has 0 aromatic heterocycles. The van der Waals surface area contributed by atoms with Gasteiger partial charge in [0, 0.05) is 0 Å². The van der Waals surface area contributed by atoms with Crippen LogP contribution in [0.25, 0.3) is 10.8 Å². The minimum Gasteiger partial charge on any atom is -0.744 e. The summed E-state index contributed by atoms with van der Waals surface area (Å²) in [5.74, 6) is 0.578. The molecular formula is C12H11KO5S. The van der Waals surface area contributed by atoms with Crippen molar-refractivity contribution in [3.8, 4) is 5.75 Å². The SMILES string of the molecule is O=S(=O)([O-])c1ccc2cc(OCCO)ccc2c1.[K+]. The topological polar surface area (TPSA) is 86.7 Å². The smallest absolute Gasteiger partial charge is 0.744 e. The van der Waals surface area contributed by atoms with Crippen LogP contribution in [0.15, 0.2) is 41.3 Å². The molecule has 0 saturated carbocycles. The van der Waals surface area contributed by atoms with Gasteiger partial charge in [-0.3, -0.25) is 0 Å². The van der Waals surface area contributed by atoms with Crippen LogP contribution in [-0.2, 0) is 10.1 Å². The molecule has 2 rings (SSSR count). The van der Waals surface area contributed by atoms with Crippen LogP contribution < -0.4 is 56.1 Å². The Balaban J connectivity index is 0.00000180. The molecule has 0 unspecified atom stereocenters. The summed E-state index contributed by atoms with van der Waals surface area (Å²) in [5.41, 5.74) is 0. The summed E-state index contributed by atoms with van der Waals surface area (Å²) in [7, 11) is -4.43. The predicted molar refractivity (Wildman–Crippen MR) is 64.5 cm³/mol. The first kappa shape index (κ1) is 17.1. The van der Waals surface area contributed by atoms with Crippen LogP contribution >= 0.6 is 0 Å². The van der Waals surface area contributed by atoms with E-state index >= 15 is 0 Å². The van der Waals surface area contributed by atoms with Crippen LogP contribution in [0.4, 0.5) is 0 Å². The van der Waals surface area contributed by atoms with Crippen LogP contribution in [0.2, 0.25) is 0 Å². The molecule has 0 aliphatic carbocycles. The van der Waals surface area contributed by atoms with Gasteiger partial charge < -0.3 is 14.4 Å². The van der Waals surface area contributed by atoms with E-state index in [0.717, 1.165) is 5.39 Å². The molecule has 5 nitrogen and oxygen atoms in total. The van der Waals surface area contributed by atoms with Crippen LogP contribution in [0.5, 0.6) is 5.75 Å². The Labute approximate surface area is 153 Å². The van der Waals surface area contributed by atoms with Gasteiger partial charge in [0.2, 0.25) is 0 Å². The van der Waals surface area contributed by atoms with E-state index in [-0.39, 0.29) is 69.5 Å². The van der Waals surface area contributed by atoms with Gasteiger partial charge in [-0.1, -0.05) is 12.1 Å². The standard InChI is InChI=1S/C12H12O5S.K/c13-5-6-17-11-3-1-10-8-12(18(14,15)16)4-2-9(10)7-11;/h1-4,7-8,13H,5-6H2,(H,14,15,16);/q;+1/p-1. The van der Waals surface area contributed by atoms with Gasteiger partial charge in [-0.2, -0.15) is 0 Å². The quantitative estimate of drug-likeness (QED) is 0.528. The van der Waals surface area contributed by atoms with E-state index in [1.807, 2.05) is 0 Å². The second kappa shape index (κ2) is 7.14. The largest absolute Gasteiger partial charge is 1.00 e. The monoisotopic (exact) mass is 306 g/mol. The number of rotatable bonds is 4. The van der Waals surface area contributed by atoms with E-state index in [1.165, 1.54) is 12.1 Å². The van der Waals surface area contributed by atoms with E-state index in [2.05, 4.69) is 0 Å². The van der Waals surface area contributed by atoms with Crippen molar-refractivity contribution in [3.05, 3.63) is 36.4 Å². The van der Waals surface area contributed by atoms with Gasteiger partial charge in [0.1, 0.15) is 22.5 Å². The van der Waals surface area contributed by atoms with Crippen molar-refractivity contribution in [2.24, 2.45) is 0 Å². The second-order valence-corrected chi connectivity index (χ2v) is 5.08. The molecule has 7 heteroatoms. The fraction of sp³-hybridized carbons (Fsp3) is 0.167. The summed E-state index contributed by atoms with van der Waals surface area (Å²) in [6.07, 6.45) is 0. The van der Waals surface area contributed by atoms with Crippen molar-refractivity contribution in [1.29, 1.82) is 0 Å². The number of hydrogen-bond donors (Lipinski definition) is 1. The Kier molecular flexibility index (Phi) is 6.41. The first-order chi connectivity index (χ1) is 8.50. The third-order valence-corrected chi connectivity index (χ3v) is 3.26. The van der Waals surface area contributed by atoms with Crippen LogP contribution in [0, 0.1) is 0 Å². The number of hydrogen-bond acceptors (Lipinski definition) is 5. The summed E-state index contributed by atoms with van der Waals surface area (Å²) >= 11 is 0. The molecule has 0 fully saturated rings. The Morgan fingerprint density at radius 3 is 2.37 bits per heavy atom. The molecule has 0 aliphatic rings. The molecule has 0 saturated heterocycles. The Morgan fingerprint density at radius 1 is 1.11 bits per heavy atom. The normalized spacial score (nSPS) is 11.1. The average Bonchev–Trinajstić information content (AvgIpc) is 2.34. The third-order valence-electron chi connectivity index (χ3n) is 2.43. The molecule has 0 atom stereocenters. The zero-order valence-electron chi connectivity index (χ0n) is 10.4. The van der Waals surface area contributed by atoms with Crippen molar-refractivity contribution >= 4 is 20.9 Å². The summed E-state index contributed by atoms with van der Waals surface area (Å²) in [6.45, 7) is 0.115. The summed E-state index contributed by atoms with van der Waals surface area (Å²) < 4.78 is 37.9. The molecule has 0 heterocycles. The van der Waals surface area contributed by atoms with Gasteiger partial charge in [0.15, 0.2) is 0 Å². The zero-order chi connectivity index (χ0) is 13.2. The zero-order valence-corrected chi connectivity index (χ0v) is 14.3. The van der Waals surface area contributed by atoms with Crippen LogP contribution in [-0.4, -0.2) is 31.3 Å². The molecule has 0 spiro atoms. The first-order valence-corrected chi connectivity index (χ1v) is 6.65. The maximum atomic E-state index is 10.9. The van der Waals surface area contributed by atoms with Crippen LogP contribution in [0.3, 0.4) is 0 Å². The van der Waals surface area contributed by atoms with E-state index in [9.17, 15) is 13.0 Å². The predicted octanol–water partition coefficient (Wildman–Crippen LogP) is -1.88. The molecule has 0 radical (unpaired) electrons. The van der Waals surface area contributed by atoms with Crippen molar-refractivity contribution in [3.63, 3.8) is 0 Å². The number of ether oxygens (including phenoxy) is 1. The molecule has 0 amide bonds. The average molecular weight is 306 g/mol. The fourth-order valence-corrected chi connectivity index (χ4v) is 2.12.